The number of aliphatic hydroxyl groups excluding tert-OH is 3. The van der Waals surface area contributed by atoms with E-state index in [0.29, 0.717) is 5.56 Å². The third kappa shape index (κ3) is 4.33. The number of carbonyl (C=O) groups excluding carboxylic acids is 1. The van der Waals surface area contributed by atoms with Crippen molar-refractivity contribution in [3.05, 3.63) is 23.3 Å². The van der Waals surface area contributed by atoms with Crippen molar-refractivity contribution in [1.82, 2.24) is 0 Å². The number of ether oxygens (including phenoxy) is 3. The number of hydrogen-bond acceptors (Lipinski definition) is 7. The summed E-state index contributed by atoms with van der Waals surface area (Å²) in [6, 6.07) is 3.05. The number of esters is 1. The number of methoxy groups -OCH3 is 2. The van der Waals surface area contributed by atoms with Gasteiger partial charge in [0.05, 0.1) is 45.5 Å². The van der Waals surface area contributed by atoms with Gasteiger partial charge in [0.1, 0.15) is 17.6 Å². The Morgan fingerprint density at radius 3 is 2.14 bits per heavy atom. The van der Waals surface area contributed by atoms with E-state index in [2.05, 4.69) is 0 Å². The summed E-state index contributed by atoms with van der Waals surface area (Å²) in [5.41, 5.74) is 0.739. The van der Waals surface area contributed by atoms with Gasteiger partial charge in [-0.1, -0.05) is 0 Å². The van der Waals surface area contributed by atoms with Gasteiger partial charge >= 0.3 is 5.97 Å². The molecule has 0 spiro atoms. The summed E-state index contributed by atoms with van der Waals surface area (Å²) in [5.74, 6) is -0.114. The predicted octanol–water partition coefficient (Wildman–Crippen LogP) is 0.544. The minimum atomic E-state index is -1.40. The van der Waals surface area contributed by atoms with Crippen molar-refractivity contribution in [3.8, 4) is 11.5 Å². The maximum absolute atomic E-state index is 11.4. The summed E-state index contributed by atoms with van der Waals surface area (Å²) in [7, 11) is 2.79. The molecule has 3 N–H and O–H groups in total. The Balaban J connectivity index is 3.09. The summed E-state index contributed by atoms with van der Waals surface area (Å²) in [5, 5.41) is 29.5. The van der Waals surface area contributed by atoms with Crippen molar-refractivity contribution in [3.63, 3.8) is 0 Å². The van der Waals surface area contributed by atoms with Crippen LogP contribution in [0.2, 0.25) is 0 Å². The molecule has 124 valence electrons. The molecular formula is C15H22O7. The predicted molar refractivity (Wildman–Crippen MR) is 77.7 cm³/mol. The molecule has 22 heavy (non-hydrogen) atoms. The zero-order valence-electron chi connectivity index (χ0n) is 12.9. The van der Waals surface area contributed by atoms with Crippen molar-refractivity contribution in [2.45, 2.75) is 32.2 Å². The van der Waals surface area contributed by atoms with Gasteiger partial charge in [0.2, 0.25) is 0 Å². The van der Waals surface area contributed by atoms with Crippen LogP contribution in [-0.4, -0.2) is 48.2 Å². The summed E-state index contributed by atoms with van der Waals surface area (Å²) in [4.78, 5) is 11.4. The monoisotopic (exact) mass is 314 g/mol. The first-order valence-electron chi connectivity index (χ1n) is 6.85. The van der Waals surface area contributed by atoms with E-state index in [1.807, 2.05) is 0 Å². The average molecular weight is 314 g/mol. The van der Waals surface area contributed by atoms with E-state index in [1.165, 1.54) is 26.4 Å². The Bertz CT molecular complexity index is 476. The number of benzene rings is 1. The Morgan fingerprint density at radius 2 is 1.73 bits per heavy atom. The van der Waals surface area contributed by atoms with Gasteiger partial charge in [-0.2, -0.15) is 0 Å². The van der Waals surface area contributed by atoms with Gasteiger partial charge in [-0.15, -0.1) is 0 Å². The minimum absolute atomic E-state index is 0.194. The molecule has 0 radical (unpaired) electrons. The summed E-state index contributed by atoms with van der Waals surface area (Å²) >= 11 is 0. The molecule has 0 heterocycles. The maximum atomic E-state index is 11.4. The number of aliphatic hydroxyl groups is 3. The van der Waals surface area contributed by atoms with Gasteiger partial charge < -0.3 is 29.5 Å². The quantitative estimate of drug-likeness (QED) is 0.601. The topological polar surface area (TPSA) is 105 Å². The fraction of sp³-hybridized carbons (Fsp3) is 0.533. The summed E-state index contributed by atoms with van der Waals surface area (Å²) in [6.45, 7) is 1.62. The summed E-state index contributed by atoms with van der Waals surface area (Å²) < 4.78 is 15.1. The van der Waals surface area contributed by atoms with Crippen LogP contribution in [-0.2, 0) is 16.1 Å². The summed E-state index contributed by atoms with van der Waals surface area (Å²) in [6.07, 6.45) is -3.13. The average Bonchev–Trinajstić information content (AvgIpc) is 2.52. The first kappa shape index (κ1) is 18.2. The molecule has 7 heteroatoms. The fourth-order valence-electron chi connectivity index (χ4n) is 2.07. The standard InChI is InChI=1S/C15H22O7/c1-4-22-13(18)7-10(17)15(19)14-11(20-2)5-9(8-16)6-12(14)21-3/h5-6,10,15-17,19H,4,7-8H2,1-3H3. The number of rotatable bonds is 8. The third-order valence-corrected chi connectivity index (χ3v) is 3.13. The van der Waals surface area contributed by atoms with E-state index in [9.17, 15) is 20.1 Å². The van der Waals surface area contributed by atoms with Crippen molar-refractivity contribution < 1.29 is 34.3 Å². The Kier molecular flexibility index (Phi) is 7.10. The second kappa shape index (κ2) is 8.57. The van der Waals surface area contributed by atoms with E-state index in [-0.39, 0.29) is 36.7 Å². The molecule has 1 rings (SSSR count). The lowest BCUT2D eigenvalue weighted by molar-refractivity contribution is -0.147. The largest absolute Gasteiger partial charge is 0.496 e. The van der Waals surface area contributed by atoms with Crippen molar-refractivity contribution in [2.24, 2.45) is 0 Å². The van der Waals surface area contributed by atoms with E-state index in [1.54, 1.807) is 6.92 Å². The lowest BCUT2D eigenvalue weighted by Gasteiger charge is -2.22. The van der Waals surface area contributed by atoms with Crippen LogP contribution in [0.25, 0.3) is 0 Å². The molecular weight excluding hydrogens is 292 g/mol. The van der Waals surface area contributed by atoms with Crippen molar-refractivity contribution in [1.29, 1.82) is 0 Å². The smallest absolute Gasteiger partial charge is 0.308 e. The van der Waals surface area contributed by atoms with Crippen LogP contribution in [0.1, 0.15) is 30.6 Å². The lowest BCUT2D eigenvalue weighted by Crippen LogP contribution is -2.24. The first-order valence-corrected chi connectivity index (χ1v) is 6.85. The van der Waals surface area contributed by atoms with E-state index < -0.39 is 18.2 Å². The van der Waals surface area contributed by atoms with Gasteiger partial charge in [-0.05, 0) is 24.6 Å². The van der Waals surface area contributed by atoms with E-state index in [0.717, 1.165) is 0 Å². The maximum Gasteiger partial charge on any atom is 0.308 e. The normalized spacial score (nSPS) is 13.4. The number of hydrogen-bond donors (Lipinski definition) is 3. The SMILES string of the molecule is CCOC(=O)CC(O)C(O)c1c(OC)cc(CO)cc1OC. The molecule has 0 saturated heterocycles. The van der Waals surface area contributed by atoms with Gasteiger partial charge in [0.15, 0.2) is 0 Å². The second-order valence-electron chi connectivity index (χ2n) is 4.59. The molecule has 1 aromatic rings. The van der Waals surface area contributed by atoms with Crippen LogP contribution in [0.5, 0.6) is 11.5 Å². The van der Waals surface area contributed by atoms with Gasteiger partial charge in [-0.25, -0.2) is 0 Å². The molecule has 2 atom stereocenters. The third-order valence-electron chi connectivity index (χ3n) is 3.13. The van der Waals surface area contributed by atoms with E-state index in [4.69, 9.17) is 14.2 Å². The Hall–Kier alpha value is -1.83. The molecule has 0 aromatic heterocycles. The molecule has 2 unspecified atom stereocenters. The molecule has 7 nitrogen and oxygen atoms in total. The van der Waals surface area contributed by atoms with Crippen LogP contribution in [0, 0.1) is 0 Å². The van der Waals surface area contributed by atoms with Gasteiger partial charge in [0, 0.05) is 0 Å². The second-order valence-corrected chi connectivity index (χ2v) is 4.59. The molecule has 0 bridgehead atoms. The molecule has 0 aliphatic rings. The Morgan fingerprint density at radius 1 is 1.18 bits per heavy atom. The van der Waals surface area contributed by atoms with Crippen LogP contribution in [0.4, 0.5) is 0 Å². The zero-order valence-corrected chi connectivity index (χ0v) is 12.9. The minimum Gasteiger partial charge on any atom is -0.496 e. The molecule has 0 amide bonds. The molecule has 0 saturated carbocycles. The highest BCUT2D eigenvalue weighted by molar-refractivity contribution is 5.70. The lowest BCUT2D eigenvalue weighted by atomic mass is 9.98. The van der Waals surface area contributed by atoms with Crippen LogP contribution in [0.15, 0.2) is 12.1 Å². The van der Waals surface area contributed by atoms with Crippen LogP contribution in [0.3, 0.4) is 0 Å². The Labute approximate surface area is 129 Å². The zero-order chi connectivity index (χ0) is 16.7. The number of carbonyl (C=O) groups is 1. The van der Waals surface area contributed by atoms with Gasteiger partial charge in [0.25, 0.3) is 0 Å². The van der Waals surface area contributed by atoms with Crippen molar-refractivity contribution >= 4 is 5.97 Å². The molecule has 0 aliphatic carbocycles. The van der Waals surface area contributed by atoms with E-state index >= 15 is 0 Å². The van der Waals surface area contributed by atoms with Gasteiger partial charge in [-0.3, -0.25) is 4.79 Å². The highest BCUT2D eigenvalue weighted by Crippen LogP contribution is 2.37. The molecule has 1 aromatic carbocycles. The van der Waals surface area contributed by atoms with Crippen LogP contribution < -0.4 is 9.47 Å². The molecule has 0 aliphatic heterocycles. The first-order chi connectivity index (χ1) is 10.5. The highest BCUT2D eigenvalue weighted by Gasteiger charge is 2.28. The van der Waals surface area contributed by atoms with Crippen LogP contribution >= 0.6 is 0 Å². The highest BCUT2D eigenvalue weighted by atomic mass is 16.5. The fourth-order valence-corrected chi connectivity index (χ4v) is 2.07. The molecule has 0 fully saturated rings. The van der Waals surface area contributed by atoms with Crippen molar-refractivity contribution in [2.75, 3.05) is 20.8 Å².